The van der Waals surface area contributed by atoms with E-state index in [-0.39, 0.29) is 0 Å². The lowest BCUT2D eigenvalue weighted by atomic mass is 9.85. The molecule has 14 aromatic rings. The predicted molar refractivity (Wildman–Crippen MR) is 320 cm³/mol. The van der Waals surface area contributed by atoms with Crippen LogP contribution in [-0.2, 0) is 0 Å². The Morgan fingerprint density at radius 2 is 0.568 bits per heavy atom. The molecule has 0 radical (unpaired) electrons. The third-order valence-corrected chi connectivity index (χ3v) is 16.6. The molecule has 0 aliphatic rings. The summed E-state index contributed by atoms with van der Waals surface area (Å²) in [6, 6.07) is 82.1. The summed E-state index contributed by atoms with van der Waals surface area (Å²) in [6.07, 6.45) is 0. The molecule has 0 unspecified atom stereocenters. The zero-order chi connectivity index (χ0) is 49.9. The number of hydrogen-bond acceptors (Lipinski definition) is 2. The van der Waals surface area contributed by atoms with Crippen molar-refractivity contribution in [1.82, 2.24) is 0 Å². The van der Waals surface area contributed by atoms with Gasteiger partial charge in [0, 0.05) is 33.5 Å². The van der Waals surface area contributed by atoms with E-state index in [2.05, 4.69) is 270 Å². The first-order chi connectivity index (χ1) is 36.2. The van der Waals surface area contributed by atoms with Crippen LogP contribution in [-0.4, -0.2) is 0 Å². The molecule has 0 spiro atoms. The summed E-state index contributed by atoms with van der Waals surface area (Å²) in [5.74, 6) is 0. The maximum Gasteiger partial charge on any atom is 0.0540 e. The van der Waals surface area contributed by atoms with E-state index in [1.165, 1.54) is 154 Å². The van der Waals surface area contributed by atoms with Crippen LogP contribution >= 0.6 is 0 Å². The Labute approximate surface area is 432 Å². The van der Waals surface area contributed by atoms with Crippen LogP contribution in [0.3, 0.4) is 0 Å². The Morgan fingerprint density at radius 1 is 0.230 bits per heavy atom. The van der Waals surface area contributed by atoms with Gasteiger partial charge in [-0.15, -0.1) is 0 Å². The van der Waals surface area contributed by atoms with Gasteiger partial charge in [0.25, 0.3) is 0 Å². The molecule has 14 aromatic carbocycles. The Bertz CT molecular complexity index is 4360. The largest absolute Gasteiger partial charge is 0.310 e. The fourth-order valence-corrected chi connectivity index (χ4v) is 12.7. The number of para-hydroxylation sites is 2. The summed E-state index contributed by atoms with van der Waals surface area (Å²) >= 11 is 0. The third kappa shape index (κ3) is 6.51. The van der Waals surface area contributed by atoms with Crippen LogP contribution in [0.2, 0.25) is 0 Å². The second-order valence-corrected chi connectivity index (χ2v) is 20.6. The minimum absolute atomic E-state index is 1.14. The van der Waals surface area contributed by atoms with Crippen molar-refractivity contribution < 1.29 is 0 Å². The molecule has 0 saturated carbocycles. The van der Waals surface area contributed by atoms with Crippen LogP contribution in [0, 0.1) is 41.5 Å². The molecule has 0 amide bonds. The van der Waals surface area contributed by atoms with Gasteiger partial charge in [-0.1, -0.05) is 146 Å². The van der Waals surface area contributed by atoms with Crippen LogP contribution in [0.1, 0.15) is 33.4 Å². The topological polar surface area (TPSA) is 6.48 Å². The SMILES string of the molecule is Cc1cc(N(c2ccccc2)c2ccc3c4cc5c(-c6ccccc6)c6c7cccc8c(N(c9ccccc9)c9cc(C)c(C)c(C)c9)ccc(c6c(-c6ccccc6)c5cc4c4cccc2c34)c87)cc(C)c1C. The standard InChI is InChI=1S/C72H54N2/c1-43-37-53(38-44(2)47(43)5)73(51-25-15-9-16-26-51)65-35-33-56-62-42-64-63(41-61(62)55-29-19-30-57(65)69(55)56)68(50-23-13-8-14-24-50)72-60-34-36-66(74(52-27-17-10-18-28-52)54-39-45(3)48(6)46(4)40-54)58-31-20-32-59(70(58)60)71(72)67(64)49-21-11-7-12-22-49/h7-42H,1-6H3. The van der Waals surface area contributed by atoms with E-state index in [1.807, 2.05) is 0 Å². The third-order valence-electron chi connectivity index (χ3n) is 16.6. The van der Waals surface area contributed by atoms with E-state index in [1.54, 1.807) is 0 Å². The first-order valence-corrected chi connectivity index (χ1v) is 26.0. The lowest BCUT2D eigenvalue weighted by molar-refractivity contribution is 1.22. The normalized spacial score (nSPS) is 11.9. The average Bonchev–Trinajstić information content (AvgIpc) is 4.07. The highest BCUT2D eigenvalue weighted by Gasteiger charge is 2.28. The molecule has 0 aliphatic carbocycles. The van der Waals surface area contributed by atoms with E-state index >= 15 is 0 Å². The lowest BCUT2D eigenvalue weighted by Crippen LogP contribution is -2.11. The highest BCUT2D eigenvalue weighted by Crippen LogP contribution is 2.55. The zero-order valence-corrected chi connectivity index (χ0v) is 42.7. The highest BCUT2D eigenvalue weighted by atomic mass is 15.1. The molecule has 0 aliphatic heterocycles. The average molecular weight is 947 g/mol. The molecule has 0 fully saturated rings. The maximum absolute atomic E-state index is 2.55. The van der Waals surface area contributed by atoms with Crippen LogP contribution in [0.15, 0.2) is 218 Å². The summed E-state index contributed by atoms with van der Waals surface area (Å²) in [6.45, 7) is 13.4. The molecular formula is C72H54N2. The van der Waals surface area contributed by atoms with Crippen LogP contribution in [0.5, 0.6) is 0 Å². The molecule has 352 valence electrons. The molecular weight excluding hydrogens is 893 g/mol. The fraction of sp³-hybridized carbons (Fsp3) is 0.0833. The molecule has 0 atom stereocenters. The van der Waals surface area contributed by atoms with Gasteiger partial charge in [-0.25, -0.2) is 0 Å². The molecule has 0 heterocycles. The molecule has 2 nitrogen and oxygen atoms in total. The van der Waals surface area contributed by atoms with Gasteiger partial charge in [-0.05, 0) is 235 Å². The minimum Gasteiger partial charge on any atom is -0.310 e. The quantitative estimate of drug-likeness (QED) is 0.150. The number of fused-ring (bicyclic) bond motifs is 7. The number of rotatable bonds is 8. The fourth-order valence-electron chi connectivity index (χ4n) is 12.7. The van der Waals surface area contributed by atoms with Crippen molar-refractivity contribution in [2.24, 2.45) is 0 Å². The monoisotopic (exact) mass is 946 g/mol. The lowest BCUT2D eigenvalue weighted by Gasteiger charge is -2.28. The first kappa shape index (κ1) is 43.8. The Kier molecular flexibility index (Phi) is 9.94. The van der Waals surface area contributed by atoms with Crippen molar-refractivity contribution in [2.75, 3.05) is 9.80 Å². The van der Waals surface area contributed by atoms with Crippen molar-refractivity contribution in [3.8, 4) is 22.3 Å². The summed E-state index contributed by atoms with van der Waals surface area (Å²) in [5.41, 5.74) is 19.8. The Hall–Kier alpha value is -8.98. The van der Waals surface area contributed by atoms with E-state index in [0.29, 0.717) is 0 Å². The maximum atomic E-state index is 2.55. The van der Waals surface area contributed by atoms with Gasteiger partial charge in [0.15, 0.2) is 0 Å². The van der Waals surface area contributed by atoms with Crippen LogP contribution in [0.4, 0.5) is 34.1 Å². The highest BCUT2D eigenvalue weighted by molar-refractivity contribution is 6.43. The van der Waals surface area contributed by atoms with Gasteiger partial charge in [-0.2, -0.15) is 0 Å². The summed E-state index contributed by atoms with van der Waals surface area (Å²) in [4.78, 5) is 4.92. The number of nitrogens with zero attached hydrogens (tertiary/aromatic N) is 2. The zero-order valence-electron chi connectivity index (χ0n) is 42.7. The minimum atomic E-state index is 1.14. The van der Waals surface area contributed by atoms with Crippen molar-refractivity contribution in [1.29, 1.82) is 0 Å². The van der Waals surface area contributed by atoms with Gasteiger partial charge in [-0.3, -0.25) is 0 Å². The molecule has 0 bridgehead atoms. The first-order valence-electron chi connectivity index (χ1n) is 26.0. The summed E-state index contributed by atoms with van der Waals surface area (Å²) in [7, 11) is 0. The molecule has 0 saturated heterocycles. The number of hydrogen-bond donors (Lipinski definition) is 0. The molecule has 0 N–H and O–H groups in total. The molecule has 14 rings (SSSR count). The second kappa shape index (κ2) is 16.8. The predicted octanol–water partition coefficient (Wildman–Crippen LogP) is 20.8. The molecule has 74 heavy (non-hydrogen) atoms. The van der Waals surface area contributed by atoms with E-state index in [9.17, 15) is 0 Å². The van der Waals surface area contributed by atoms with Gasteiger partial charge in [0.2, 0.25) is 0 Å². The second-order valence-electron chi connectivity index (χ2n) is 20.6. The Morgan fingerprint density at radius 3 is 1.00 bits per heavy atom. The van der Waals surface area contributed by atoms with Crippen molar-refractivity contribution in [3.63, 3.8) is 0 Å². The van der Waals surface area contributed by atoms with E-state index in [0.717, 1.165) is 11.4 Å². The van der Waals surface area contributed by atoms with E-state index in [4.69, 9.17) is 0 Å². The molecule has 0 aromatic heterocycles. The van der Waals surface area contributed by atoms with Gasteiger partial charge < -0.3 is 9.80 Å². The van der Waals surface area contributed by atoms with E-state index < -0.39 is 0 Å². The van der Waals surface area contributed by atoms with Crippen molar-refractivity contribution in [2.45, 2.75) is 41.5 Å². The van der Waals surface area contributed by atoms with Gasteiger partial charge in [0.1, 0.15) is 0 Å². The number of benzene rings is 12. The number of aryl methyl sites for hydroxylation is 4. The smallest absolute Gasteiger partial charge is 0.0540 e. The Balaban J connectivity index is 1.11. The summed E-state index contributed by atoms with van der Waals surface area (Å²) in [5, 5.41) is 17.8. The van der Waals surface area contributed by atoms with Crippen LogP contribution < -0.4 is 9.80 Å². The van der Waals surface area contributed by atoms with Gasteiger partial charge in [0.05, 0.1) is 11.4 Å². The van der Waals surface area contributed by atoms with Crippen LogP contribution in [0.25, 0.3) is 97.7 Å². The number of anilines is 6. The van der Waals surface area contributed by atoms with Gasteiger partial charge >= 0.3 is 0 Å². The molecule has 2 heteroatoms. The van der Waals surface area contributed by atoms with Crippen molar-refractivity contribution in [3.05, 3.63) is 252 Å². The van der Waals surface area contributed by atoms with Crippen molar-refractivity contribution >= 4 is 110 Å². The summed E-state index contributed by atoms with van der Waals surface area (Å²) < 4.78 is 0.